The van der Waals surface area contributed by atoms with Crippen LogP contribution in [0, 0.1) is 5.92 Å². The van der Waals surface area contributed by atoms with Crippen LogP contribution in [0.15, 0.2) is 18.2 Å². The van der Waals surface area contributed by atoms with Crippen molar-refractivity contribution < 1.29 is 27.5 Å². The molecule has 3 rings (SSSR count). The molecule has 0 saturated heterocycles. The summed E-state index contributed by atoms with van der Waals surface area (Å²) in [5, 5.41) is 0. The lowest BCUT2D eigenvalue weighted by Gasteiger charge is -2.27. The zero-order chi connectivity index (χ0) is 18.2. The molecular formula is C18H20F3NO3. The van der Waals surface area contributed by atoms with Gasteiger partial charge in [-0.1, -0.05) is 31.7 Å². The largest absolute Gasteiger partial charge is 0.467 e. The Morgan fingerprint density at radius 1 is 1.32 bits per heavy atom. The highest BCUT2D eigenvalue weighted by molar-refractivity contribution is 6.01. The number of ether oxygens (including phenoxy) is 1. The SMILES string of the molecule is COC(=O)C(CC1CCCC1)N1Cc2c(cccc2C(F)(F)F)C1=O. The second kappa shape index (κ2) is 6.69. The average Bonchev–Trinajstić information content (AvgIpc) is 3.19. The van der Waals surface area contributed by atoms with Crippen LogP contribution in [0.1, 0.15) is 53.6 Å². The highest BCUT2D eigenvalue weighted by Gasteiger charge is 2.43. The predicted octanol–water partition coefficient (Wildman–Crippen LogP) is 3.78. The summed E-state index contributed by atoms with van der Waals surface area (Å²) in [6.45, 7) is -0.212. The highest BCUT2D eigenvalue weighted by atomic mass is 19.4. The molecule has 1 fully saturated rings. The van der Waals surface area contributed by atoms with Crippen molar-refractivity contribution >= 4 is 11.9 Å². The topological polar surface area (TPSA) is 46.6 Å². The summed E-state index contributed by atoms with van der Waals surface area (Å²) in [5.74, 6) is -0.807. The quantitative estimate of drug-likeness (QED) is 0.772. The first kappa shape index (κ1) is 17.8. The van der Waals surface area contributed by atoms with Crippen molar-refractivity contribution in [1.29, 1.82) is 0 Å². The summed E-state index contributed by atoms with van der Waals surface area (Å²) in [4.78, 5) is 26.1. The zero-order valence-electron chi connectivity index (χ0n) is 13.9. The van der Waals surface area contributed by atoms with Gasteiger partial charge in [-0.3, -0.25) is 4.79 Å². The smallest absolute Gasteiger partial charge is 0.416 e. The molecule has 0 spiro atoms. The van der Waals surface area contributed by atoms with Gasteiger partial charge < -0.3 is 9.64 Å². The number of fused-ring (bicyclic) bond motifs is 1. The van der Waals surface area contributed by atoms with Crippen LogP contribution in [0.3, 0.4) is 0 Å². The maximum atomic E-state index is 13.2. The normalized spacial score (nSPS) is 19.2. The van der Waals surface area contributed by atoms with E-state index in [1.54, 1.807) is 0 Å². The number of hydrogen-bond donors (Lipinski definition) is 0. The van der Waals surface area contributed by atoms with Crippen molar-refractivity contribution in [2.45, 2.75) is 50.9 Å². The Labute approximate surface area is 143 Å². The average molecular weight is 355 g/mol. The number of carbonyl (C=O) groups excluding carboxylic acids is 2. The number of esters is 1. The Balaban J connectivity index is 1.91. The van der Waals surface area contributed by atoms with Crippen molar-refractivity contribution in [3.8, 4) is 0 Å². The highest BCUT2D eigenvalue weighted by Crippen LogP contribution is 2.39. The first-order valence-electron chi connectivity index (χ1n) is 8.40. The molecule has 7 heteroatoms. The standard InChI is InChI=1S/C18H20F3NO3/c1-25-17(24)15(9-11-5-2-3-6-11)22-10-13-12(16(22)23)7-4-8-14(13)18(19,20)21/h4,7-8,11,15H,2-3,5-6,9-10H2,1H3. The molecule has 0 aromatic heterocycles. The van der Waals surface area contributed by atoms with Gasteiger partial charge in [-0.2, -0.15) is 13.2 Å². The summed E-state index contributed by atoms with van der Waals surface area (Å²) >= 11 is 0. The molecule has 25 heavy (non-hydrogen) atoms. The van der Waals surface area contributed by atoms with Gasteiger partial charge in [0.05, 0.1) is 12.7 Å². The van der Waals surface area contributed by atoms with Crippen molar-refractivity contribution in [1.82, 2.24) is 4.90 Å². The fourth-order valence-corrected chi connectivity index (χ4v) is 3.92. The van der Waals surface area contributed by atoms with E-state index >= 15 is 0 Å². The van der Waals surface area contributed by atoms with Crippen LogP contribution in [0.4, 0.5) is 13.2 Å². The summed E-state index contributed by atoms with van der Waals surface area (Å²) < 4.78 is 44.5. The Hall–Kier alpha value is -2.05. The van der Waals surface area contributed by atoms with E-state index in [2.05, 4.69) is 0 Å². The number of halogens is 3. The van der Waals surface area contributed by atoms with Crippen molar-refractivity contribution in [2.75, 3.05) is 7.11 Å². The summed E-state index contributed by atoms with van der Waals surface area (Å²) in [6, 6.07) is 2.75. The fourth-order valence-electron chi connectivity index (χ4n) is 3.92. The third-order valence-corrected chi connectivity index (χ3v) is 5.18. The predicted molar refractivity (Wildman–Crippen MR) is 83.7 cm³/mol. The third-order valence-electron chi connectivity index (χ3n) is 5.18. The first-order chi connectivity index (χ1) is 11.8. The minimum absolute atomic E-state index is 0.0233. The van der Waals surface area contributed by atoms with E-state index in [1.807, 2.05) is 0 Å². The molecule has 1 aliphatic heterocycles. The van der Waals surface area contributed by atoms with Crippen LogP contribution in [0.25, 0.3) is 0 Å². The number of hydrogen-bond acceptors (Lipinski definition) is 3. The van der Waals surface area contributed by atoms with Crippen LogP contribution >= 0.6 is 0 Å². The maximum absolute atomic E-state index is 13.2. The van der Waals surface area contributed by atoms with Gasteiger partial charge in [0.15, 0.2) is 0 Å². The van der Waals surface area contributed by atoms with E-state index in [-0.39, 0.29) is 17.7 Å². The Morgan fingerprint density at radius 2 is 2.00 bits per heavy atom. The van der Waals surface area contributed by atoms with Gasteiger partial charge in [0.2, 0.25) is 0 Å². The molecule has 1 heterocycles. The molecule has 1 aromatic rings. The van der Waals surface area contributed by atoms with Crippen molar-refractivity contribution in [3.05, 3.63) is 34.9 Å². The van der Waals surface area contributed by atoms with Crippen LogP contribution < -0.4 is 0 Å². The van der Waals surface area contributed by atoms with Crippen LogP contribution in [0.2, 0.25) is 0 Å². The van der Waals surface area contributed by atoms with E-state index in [0.717, 1.165) is 31.7 Å². The van der Waals surface area contributed by atoms with Crippen LogP contribution in [-0.2, 0) is 22.3 Å². The van der Waals surface area contributed by atoms with Crippen molar-refractivity contribution in [2.24, 2.45) is 5.92 Å². The molecular weight excluding hydrogens is 335 g/mol. The molecule has 1 saturated carbocycles. The third kappa shape index (κ3) is 3.37. The monoisotopic (exact) mass is 355 g/mol. The summed E-state index contributed by atoms with van der Waals surface area (Å²) in [7, 11) is 1.23. The van der Waals surface area contributed by atoms with E-state index in [0.29, 0.717) is 12.3 Å². The van der Waals surface area contributed by atoms with E-state index < -0.39 is 29.7 Å². The zero-order valence-corrected chi connectivity index (χ0v) is 13.9. The van der Waals surface area contributed by atoms with Gasteiger partial charge in [0.25, 0.3) is 5.91 Å². The van der Waals surface area contributed by atoms with E-state index in [9.17, 15) is 22.8 Å². The van der Waals surface area contributed by atoms with Gasteiger partial charge in [0.1, 0.15) is 6.04 Å². The molecule has 1 aliphatic carbocycles. The Morgan fingerprint density at radius 3 is 2.60 bits per heavy atom. The molecule has 136 valence electrons. The van der Waals surface area contributed by atoms with Crippen LogP contribution in [-0.4, -0.2) is 29.9 Å². The molecule has 1 atom stereocenters. The lowest BCUT2D eigenvalue weighted by molar-refractivity contribution is -0.146. The van der Waals surface area contributed by atoms with Crippen LogP contribution in [0.5, 0.6) is 0 Å². The number of rotatable bonds is 4. The molecule has 1 amide bonds. The number of amides is 1. The minimum Gasteiger partial charge on any atom is -0.467 e. The van der Waals surface area contributed by atoms with Crippen molar-refractivity contribution in [3.63, 3.8) is 0 Å². The first-order valence-corrected chi connectivity index (χ1v) is 8.40. The Bertz CT molecular complexity index is 681. The van der Waals surface area contributed by atoms with Gasteiger partial charge in [-0.15, -0.1) is 0 Å². The van der Waals surface area contributed by atoms with Gasteiger partial charge in [-0.25, -0.2) is 4.79 Å². The van der Waals surface area contributed by atoms with Gasteiger partial charge >= 0.3 is 12.1 Å². The lowest BCUT2D eigenvalue weighted by Crippen LogP contribution is -2.43. The number of carbonyl (C=O) groups is 2. The second-order valence-corrected chi connectivity index (χ2v) is 6.69. The van der Waals surface area contributed by atoms with Gasteiger partial charge in [0, 0.05) is 12.1 Å². The molecule has 1 unspecified atom stereocenters. The van der Waals surface area contributed by atoms with E-state index in [4.69, 9.17) is 4.74 Å². The number of nitrogens with zero attached hydrogens (tertiary/aromatic N) is 1. The molecule has 0 N–H and O–H groups in total. The summed E-state index contributed by atoms with van der Waals surface area (Å²) in [6.07, 6.45) is -0.00987. The fraction of sp³-hybridized carbons (Fsp3) is 0.556. The molecule has 4 nitrogen and oxygen atoms in total. The second-order valence-electron chi connectivity index (χ2n) is 6.69. The minimum atomic E-state index is -4.53. The number of methoxy groups -OCH3 is 1. The van der Waals surface area contributed by atoms with Gasteiger partial charge in [-0.05, 0) is 30.0 Å². The number of benzene rings is 1. The molecule has 0 radical (unpaired) electrons. The maximum Gasteiger partial charge on any atom is 0.416 e. The number of alkyl halides is 3. The Kier molecular flexibility index (Phi) is 4.75. The molecule has 2 aliphatic rings. The lowest BCUT2D eigenvalue weighted by atomic mass is 9.97. The summed E-state index contributed by atoms with van der Waals surface area (Å²) in [5.41, 5.74) is -0.846. The molecule has 0 bridgehead atoms. The van der Waals surface area contributed by atoms with E-state index in [1.165, 1.54) is 24.1 Å². The molecule has 1 aromatic carbocycles.